The monoisotopic (exact) mass is 510 g/mol. The fraction of sp³-hybridized carbons (Fsp3) is 0.333. The fourth-order valence-corrected chi connectivity index (χ4v) is 4.97. The molecule has 38 heavy (non-hydrogen) atoms. The number of amides is 2. The maximum absolute atomic E-state index is 13.8. The second-order valence-corrected chi connectivity index (χ2v) is 9.82. The summed E-state index contributed by atoms with van der Waals surface area (Å²) in [5.74, 6) is 0.558. The Bertz CT molecular complexity index is 1190. The molecule has 4 rings (SSSR count). The van der Waals surface area contributed by atoms with Gasteiger partial charge in [-0.05, 0) is 67.3 Å². The first kappa shape index (κ1) is 27.2. The third-order valence-electron chi connectivity index (χ3n) is 7.11. The van der Waals surface area contributed by atoms with Gasteiger partial charge in [-0.1, -0.05) is 84.4 Å². The molecule has 3 aromatic carbocycles. The largest absolute Gasteiger partial charge is 0.497 e. The van der Waals surface area contributed by atoms with Crippen molar-refractivity contribution in [1.82, 2.24) is 10.2 Å². The van der Waals surface area contributed by atoms with Gasteiger partial charge in [0.2, 0.25) is 11.8 Å². The van der Waals surface area contributed by atoms with E-state index in [0.29, 0.717) is 25.9 Å². The molecule has 0 fully saturated rings. The van der Waals surface area contributed by atoms with Crippen molar-refractivity contribution in [2.45, 2.75) is 57.5 Å². The van der Waals surface area contributed by atoms with E-state index >= 15 is 0 Å². The van der Waals surface area contributed by atoms with Crippen molar-refractivity contribution >= 4 is 11.8 Å². The summed E-state index contributed by atoms with van der Waals surface area (Å²) >= 11 is 0. The molecule has 0 saturated heterocycles. The second-order valence-electron chi connectivity index (χ2n) is 9.82. The Morgan fingerprint density at radius 1 is 0.868 bits per heavy atom. The van der Waals surface area contributed by atoms with Crippen LogP contribution in [0.25, 0.3) is 0 Å². The molecular formula is C33H38N2O3. The molecule has 5 nitrogen and oxygen atoms in total. The van der Waals surface area contributed by atoms with E-state index in [4.69, 9.17) is 4.74 Å². The molecule has 3 aromatic rings. The number of ether oxygens (including phenoxy) is 1. The molecule has 1 N–H and O–H groups in total. The van der Waals surface area contributed by atoms with Gasteiger partial charge >= 0.3 is 0 Å². The van der Waals surface area contributed by atoms with E-state index in [0.717, 1.165) is 41.7 Å². The Balaban J connectivity index is 1.57. The lowest BCUT2D eigenvalue weighted by Gasteiger charge is -2.32. The molecule has 1 aliphatic rings. The summed E-state index contributed by atoms with van der Waals surface area (Å²) in [7, 11) is 1.63. The van der Waals surface area contributed by atoms with Crippen LogP contribution in [-0.4, -0.2) is 30.4 Å². The number of aryl methyl sites for hydroxylation is 1. The first-order chi connectivity index (χ1) is 18.6. The Morgan fingerprint density at radius 2 is 1.58 bits per heavy atom. The summed E-state index contributed by atoms with van der Waals surface area (Å²) in [4.78, 5) is 29.3. The Labute approximate surface area is 226 Å². The van der Waals surface area contributed by atoms with Gasteiger partial charge in [0.05, 0.1) is 7.11 Å². The summed E-state index contributed by atoms with van der Waals surface area (Å²) in [5.41, 5.74) is 4.27. The van der Waals surface area contributed by atoms with E-state index in [1.165, 1.54) is 18.4 Å². The average Bonchev–Trinajstić information content (AvgIpc) is 2.97. The van der Waals surface area contributed by atoms with Gasteiger partial charge in [-0.2, -0.15) is 0 Å². The number of rotatable bonds is 12. The number of benzene rings is 3. The summed E-state index contributed by atoms with van der Waals surface area (Å²) in [6.45, 7) is 0.901. The molecule has 0 heterocycles. The highest BCUT2D eigenvalue weighted by atomic mass is 16.5. The van der Waals surface area contributed by atoms with Crippen LogP contribution < -0.4 is 10.1 Å². The number of nitrogens with one attached hydrogen (secondary N) is 1. The van der Waals surface area contributed by atoms with E-state index in [-0.39, 0.29) is 11.8 Å². The highest BCUT2D eigenvalue weighted by Gasteiger charge is 2.31. The molecule has 5 heteroatoms. The van der Waals surface area contributed by atoms with Gasteiger partial charge in [-0.15, -0.1) is 0 Å². The van der Waals surface area contributed by atoms with Crippen molar-refractivity contribution in [2.75, 3.05) is 13.7 Å². The second kappa shape index (κ2) is 14.2. The van der Waals surface area contributed by atoms with E-state index < -0.39 is 6.04 Å². The van der Waals surface area contributed by atoms with Crippen LogP contribution in [0.3, 0.4) is 0 Å². The molecule has 1 atom stereocenters. The maximum atomic E-state index is 13.8. The molecule has 1 aliphatic carbocycles. The summed E-state index contributed by atoms with van der Waals surface area (Å²) < 4.78 is 5.31. The molecule has 0 bridgehead atoms. The third-order valence-corrected chi connectivity index (χ3v) is 7.11. The van der Waals surface area contributed by atoms with Crippen molar-refractivity contribution in [2.24, 2.45) is 0 Å². The molecule has 0 aliphatic heterocycles. The van der Waals surface area contributed by atoms with Gasteiger partial charge in [0.15, 0.2) is 0 Å². The first-order valence-electron chi connectivity index (χ1n) is 13.6. The van der Waals surface area contributed by atoms with E-state index in [2.05, 4.69) is 11.4 Å². The third kappa shape index (κ3) is 7.82. The maximum Gasteiger partial charge on any atom is 0.247 e. The van der Waals surface area contributed by atoms with E-state index in [9.17, 15) is 9.59 Å². The lowest BCUT2D eigenvalue weighted by atomic mass is 9.97. The SMILES string of the molecule is COc1ccc(CN(C(=O)CCc2ccccc2)[C@H](C(=O)NCCC2=CCCCC2)c2ccccc2)cc1. The fourth-order valence-electron chi connectivity index (χ4n) is 4.97. The van der Waals surface area contributed by atoms with Crippen LogP contribution in [0, 0.1) is 0 Å². The summed E-state index contributed by atoms with van der Waals surface area (Å²) in [6.07, 6.45) is 8.82. The zero-order valence-corrected chi connectivity index (χ0v) is 22.3. The number of allylic oxidation sites excluding steroid dienone is 1. The van der Waals surface area contributed by atoms with Crippen molar-refractivity contribution in [3.63, 3.8) is 0 Å². The number of methoxy groups -OCH3 is 1. The quantitative estimate of drug-likeness (QED) is 0.287. The van der Waals surface area contributed by atoms with Crippen LogP contribution in [-0.2, 0) is 22.6 Å². The molecular weight excluding hydrogens is 472 g/mol. The molecule has 0 spiro atoms. The van der Waals surface area contributed by atoms with Gasteiger partial charge in [0.25, 0.3) is 0 Å². The van der Waals surface area contributed by atoms with Crippen LogP contribution in [0.15, 0.2) is 96.6 Å². The minimum Gasteiger partial charge on any atom is -0.497 e. The standard InChI is InChI=1S/C33H38N2O3/c1-38-30-20-17-28(18-21-30)25-35(31(36)22-19-26-11-5-2-6-12-26)32(29-15-9-4-10-16-29)33(37)34-24-23-27-13-7-3-8-14-27/h2,4-6,9-13,15-18,20-21,32H,3,7-8,14,19,22-25H2,1H3,(H,34,37)/t32-/m0/s1. The van der Waals surface area contributed by atoms with Gasteiger partial charge in [0.1, 0.15) is 11.8 Å². The molecule has 198 valence electrons. The number of nitrogens with zero attached hydrogens (tertiary/aromatic N) is 1. The van der Waals surface area contributed by atoms with Crippen molar-refractivity contribution in [1.29, 1.82) is 0 Å². The van der Waals surface area contributed by atoms with Crippen LogP contribution in [0.2, 0.25) is 0 Å². The average molecular weight is 511 g/mol. The van der Waals surface area contributed by atoms with Gasteiger partial charge < -0.3 is 15.0 Å². The predicted molar refractivity (Wildman–Crippen MR) is 152 cm³/mol. The van der Waals surface area contributed by atoms with Crippen LogP contribution in [0.5, 0.6) is 5.75 Å². The van der Waals surface area contributed by atoms with Crippen molar-refractivity contribution in [3.8, 4) is 5.75 Å². The summed E-state index contributed by atoms with van der Waals surface area (Å²) in [5, 5.41) is 3.15. The zero-order valence-electron chi connectivity index (χ0n) is 22.3. The van der Waals surface area contributed by atoms with Gasteiger partial charge in [0, 0.05) is 19.5 Å². The number of carbonyl (C=O) groups is 2. The molecule has 0 saturated carbocycles. The topological polar surface area (TPSA) is 58.6 Å². The van der Waals surface area contributed by atoms with E-state index in [1.807, 2.05) is 84.9 Å². The minimum atomic E-state index is -0.720. The zero-order chi connectivity index (χ0) is 26.6. The lowest BCUT2D eigenvalue weighted by molar-refractivity contribution is -0.141. The minimum absolute atomic E-state index is 0.0522. The Kier molecular flexibility index (Phi) is 10.1. The van der Waals surface area contributed by atoms with Crippen LogP contribution >= 0.6 is 0 Å². The highest BCUT2D eigenvalue weighted by molar-refractivity contribution is 5.88. The van der Waals surface area contributed by atoms with Crippen molar-refractivity contribution in [3.05, 3.63) is 113 Å². The molecule has 2 amide bonds. The van der Waals surface area contributed by atoms with Crippen LogP contribution in [0.1, 0.15) is 61.3 Å². The van der Waals surface area contributed by atoms with Gasteiger partial charge in [-0.3, -0.25) is 9.59 Å². The van der Waals surface area contributed by atoms with Gasteiger partial charge in [-0.25, -0.2) is 0 Å². The molecule has 0 radical (unpaired) electrons. The van der Waals surface area contributed by atoms with Crippen LogP contribution in [0.4, 0.5) is 0 Å². The number of hydrogen-bond acceptors (Lipinski definition) is 3. The normalized spacial score (nSPS) is 13.8. The summed E-state index contributed by atoms with van der Waals surface area (Å²) in [6, 6.07) is 26.6. The number of carbonyl (C=O) groups excluding carboxylic acids is 2. The Morgan fingerprint density at radius 3 is 2.24 bits per heavy atom. The smallest absolute Gasteiger partial charge is 0.247 e. The number of hydrogen-bond donors (Lipinski definition) is 1. The predicted octanol–water partition coefficient (Wildman–Crippen LogP) is 6.40. The first-order valence-corrected chi connectivity index (χ1v) is 13.6. The highest BCUT2D eigenvalue weighted by Crippen LogP contribution is 2.26. The molecule has 0 unspecified atom stereocenters. The Hall–Kier alpha value is -3.86. The molecule has 0 aromatic heterocycles. The van der Waals surface area contributed by atoms with E-state index in [1.54, 1.807) is 12.0 Å². The van der Waals surface area contributed by atoms with Crippen molar-refractivity contribution < 1.29 is 14.3 Å². The lowest BCUT2D eigenvalue weighted by Crippen LogP contribution is -2.43.